The molecule has 9 heteroatoms. The minimum absolute atomic E-state index is 0.00640. The molecular formula is C15H21N3O6. The summed E-state index contributed by atoms with van der Waals surface area (Å²) >= 11 is 0. The number of hydrogen-bond donors (Lipinski definition) is 3. The van der Waals surface area contributed by atoms with Crippen molar-refractivity contribution in [1.82, 2.24) is 5.32 Å². The van der Waals surface area contributed by atoms with Crippen LogP contribution in [0.4, 0.5) is 11.4 Å². The van der Waals surface area contributed by atoms with Gasteiger partial charge in [0.25, 0.3) is 5.69 Å². The van der Waals surface area contributed by atoms with Gasteiger partial charge in [-0.15, -0.1) is 0 Å². The van der Waals surface area contributed by atoms with Gasteiger partial charge in [-0.3, -0.25) is 19.7 Å². The van der Waals surface area contributed by atoms with Crippen molar-refractivity contribution in [2.75, 3.05) is 18.5 Å². The summed E-state index contributed by atoms with van der Waals surface area (Å²) in [6, 6.07) is 3.02. The number of carboxylic acids is 1. The zero-order chi connectivity index (χ0) is 18.1. The van der Waals surface area contributed by atoms with Crippen LogP contribution < -0.4 is 15.4 Å². The predicted octanol–water partition coefficient (Wildman–Crippen LogP) is 1.77. The topological polar surface area (TPSA) is 131 Å². The number of aliphatic carboxylic acids is 1. The molecule has 24 heavy (non-hydrogen) atoms. The first-order valence-corrected chi connectivity index (χ1v) is 7.56. The molecule has 1 aromatic rings. The Hall–Kier alpha value is -2.68. The lowest BCUT2D eigenvalue weighted by Gasteiger charge is -2.14. The highest BCUT2D eigenvalue weighted by Gasteiger charge is 2.23. The van der Waals surface area contributed by atoms with Gasteiger partial charge in [0.1, 0.15) is 17.5 Å². The summed E-state index contributed by atoms with van der Waals surface area (Å²) in [7, 11) is 0. The predicted molar refractivity (Wildman–Crippen MR) is 87.2 cm³/mol. The number of nitro groups is 1. The van der Waals surface area contributed by atoms with Crippen LogP contribution in [0.3, 0.4) is 0 Å². The molecule has 1 amide bonds. The summed E-state index contributed by atoms with van der Waals surface area (Å²) in [5.74, 6) is -1.46. The second kappa shape index (κ2) is 9.46. The quantitative estimate of drug-likeness (QED) is 0.437. The van der Waals surface area contributed by atoms with E-state index in [0.29, 0.717) is 18.9 Å². The minimum Gasteiger partial charge on any atom is -0.494 e. The molecule has 0 saturated heterocycles. The maximum absolute atomic E-state index is 12.0. The number of nitrogens with zero attached hydrogens (tertiary/aromatic N) is 1. The first kappa shape index (κ1) is 19.4. The lowest BCUT2D eigenvalue weighted by atomic mass is 10.2. The van der Waals surface area contributed by atoms with Crippen LogP contribution in [0.5, 0.6) is 5.75 Å². The van der Waals surface area contributed by atoms with Crippen LogP contribution in [0.2, 0.25) is 0 Å². The Morgan fingerprint density at radius 3 is 2.62 bits per heavy atom. The van der Waals surface area contributed by atoms with Crippen molar-refractivity contribution in [2.24, 2.45) is 0 Å². The highest BCUT2D eigenvalue weighted by molar-refractivity contribution is 5.95. The van der Waals surface area contributed by atoms with Crippen molar-refractivity contribution in [1.29, 1.82) is 0 Å². The molecule has 1 aromatic carbocycles. The van der Waals surface area contributed by atoms with E-state index in [9.17, 15) is 19.7 Å². The molecule has 0 aliphatic carbocycles. The monoisotopic (exact) mass is 339 g/mol. The van der Waals surface area contributed by atoms with Crippen LogP contribution >= 0.6 is 0 Å². The lowest BCUT2D eigenvalue weighted by molar-refractivity contribution is -0.384. The molecule has 0 spiro atoms. The Morgan fingerprint density at radius 1 is 1.38 bits per heavy atom. The average Bonchev–Trinajstić information content (AvgIpc) is 2.52. The molecule has 1 rings (SSSR count). The summed E-state index contributed by atoms with van der Waals surface area (Å²) in [5, 5.41) is 25.3. The Bertz CT molecular complexity index is 605. The van der Waals surface area contributed by atoms with Crippen LogP contribution in [-0.4, -0.2) is 41.1 Å². The zero-order valence-corrected chi connectivity index (χ0v) is 13.6. The lowest BCUT2D eigenvalue weighted by Crippen LogP contribution is -2.40. The van der Waals surface area contributed by atoms with E-state index in [1.807, 2.05) is 6.92 Å². The molecule has 132 valence electrons. The maximum atomic E-state index is 12.0. The van der Waals surface area contributed by atoms with Gasteiger partial charge in [-0.05, 0) is 32.0 Å². The first-order valence-electron chi connectivity index (χ1n) is 7.56. The summed E-state index contributed by atoms with van der Waals surface area (Å²) < 4.78 is 5.19. The van der Waals surface area contributed by atoms with Crippen molar-refractivity contribution < 1.29 is 24.4 Å². The molecule has 0 aliphatic heterocycles. The molecule has 0 aliphatic rings. The Morgan fingerprint density at radius 2 is 2.08 bits per heavy atom. The second-order valence-electron chi connectivity index (χ2n) is 4.97. The highest BCUT2D eigenvalue weighted by atomic mass is 16.6. The van der Waals surface area contributed by atoms with Gasteiger partial charge in [-0.25, -0.2) is 0 Å². The Labute approximate surface area is 139 Å². The minimum atomic E-state index is -1.15. The van der Waals surface area contributed by atoms with Crippen LogP contribution in [0.1, 0.15) is 26.7 Å². The van der Waals surface area contributed by atoms with Crippen LogP contribution in [0.15, 0.2) is 18.2 Å². The maximum Gasteiger partial charge on any atom is 0.321 e. The van der Waals surface area contributed by atoms with Gasteiger partial charge in [0.2, 0.25) is 5.91 Å². The van der Waals surface area contributed by atoms with Gasteiger partial charge in [0, 0.05) is 0 Å². The number of hydrogen-bond acceptors (Lipinski definition) is 6. The van der Waals surface area contributed by atoms with E-state index in [0.717, 1.165) is 6.42 Å². The van der Waals surface area contributed by atoms with Crippen molar-refractivity contribution in [3.63, 3.8) is 0 Å². The molecular weight excluding hydrogens is 318 g/mol. The number of nitro benzene ring substituents is 1. The molecule has 0 bridgehead atoms. The molecule has 1 unspecified atom stereocenters. The summed E-state index contributed by atoms with van der Waals surface area (Å²) in [5.41, 5.74) is -0.323. The molecule has 9 nitrogen and oxygen atoms in total. The fraction of sp³-hybridized carbons (Fsp3) is 0.467. The van der Waals surface area contributed by atoms with E-state index in [2.05, 4.69) is 10.6 Å². The van der Waals surface area contributed by atoms with Crippen molar-refractivity contribution in [2.45, 2.75) is 32.7 Å². The van der Waals surface area contributed by atoms with Gasteiger partial charge in [0.15, 0.2) is 0 Å². The third kappa shape index (κ3) is 5.84. The number of amides is 1. The molecule has 0 heterocycles. The SMILES string of the molecule is CCCNC(CC(=O)Nc1ccc(OCC)cc1[N+](=O)[O-])C(=O)O. The largest absolute Gasteiger partial charge is 0.494 e. The van der Waals surface area contributed by atoms with Crippen molar-refractivity contribution in [3.8, 4) is 5.75 Å². The van der Waals surface area contributed by atoms with Crippen LogP contribution in [0.25, 0.3) is 0 Å². The third-order valence-electron chi connectivity index (χ3n) is 3.08. The Balaban J connectivity index is 2.85. The first-order chi connectivity index (χ1) is 11.4. The van der Waals surface area contributed by atoms with Crippen LogP contribution in [0, 0.1) is 10.1 Å². The average molecular weight is 339 g/mol. The fourth-order valence-electron chi connectivity index (χ4n) is 1.98. The molecule has 0 aromatic heterocycles. The summed E-state index contributed by atoms with van der Waals surface area (Å²) in [6.45, 7) is 4.42. The standard InChI is InChI=1S/C15H21N3O6/c1-3-7-16-12(15(20)21)9-14(19)17-11-6-5-10(24-4-2)8-13(11)18(22)23/h5-6,8,12,16H,3-4,7,9H2,1-2H3,(H,17,19)(H,20,21). The van der Waals surface area contributed by atoms with E-state index >= 15 is 0 Å². The number of carbonyl (C=O) groups excluding carboxylic acids is 1. The number of carbonyl (C=O) groups is 2. The van der Waals surface area contributed by atoms with Gasteiger partial charge >= 0.3 is 5.97 Å². The van der Waals surface area contributed by atoms with E-state index in [1.165, 1.54) is 18.2 Å². The molecule has 1 atom stereocenters. The molecule has 3 N–H and O–H groups in total. The molecule has 0 radical (unpaired) electrons. The van der Waals surface area contributed by atoms with E-state index < -0.39 is 22.8 Å². The van der Waals surface area contributed by atoms with E-state index in [1.54, 1.807) is 6.92 Å². The molecule has 0 fully saturated rings. The van der Waals surface area contributed by atoms with Crippen molar-refractivity contribution in [3.05, 3.63) is 28.3 Å². The van der Waals surface area contributed by atoms with Gasteiger partial charge < -0.3 is 20.5 Å². The normalized spacial score (nSPS) is 11.6. The summed E-state index contributed by atoms with van der Waals surface area (Å²) in [4.78, 5) is 33.6. The Kier molecular flexibility index (Phi) is 7.63. The second-order valence-corrected chi connectivity index (χ2v) is 4.97. The van der Waals surface area contributed by atoms with Crippen LogP contribution in [-0.2, 0) is 9.59 Å². The number of ether oxygens (including phenoxy) is 1. The summed E-state index contributed by atoms with van der Waals surface area (Å²) in [6.07, 6.45) is 0.384. The number of nitrogens with one attached hydrogen (secondary N) is 2. The number of carboxylic acid groups (broad SMARTS) is 1. The highest BCUT2D eigenvalue weighted by Crippen LogP contribution is 2.29. The van der Waals surface area contributed by atoms with Gasteiger partial charge in [-0.2, -0.15) is 0 Å². The third-order valence-corrected chi connectivity index (χ3v) is 3.08. The van der Waals surface area contributed by atoms with E-state index in [4.69, 9.17) is 9.84 Å². The molecule has 0 saturated carbocycles. The number of benzene rings is 1. The number of rotatable bonds is 10. The van der Waals surface area contributed by atoms with Crippen molar-refractivity contribution >= 4 is 23.3 Å². The van der Waals surface area contributed by atoms with Gasteiger partial charge in [-0.1, -0.05) is 6.92 Å². The number of anilines is 1. The smallest absolute Gasteiger partial charge is 0.321 e. The zero-order valence-electron chi connectivity index (χ0n) is 13.6. The fourth-order valence-corrected chi connectivity index (χ4v) is 1.98. The van der Waals surface area contributed by atoms with E-state index in [-0.39, 0.29) is 17.8 Å². The van der Waals surface area contributed by atoms with Gasteiger partial charge in [0.05, 0.1) is 24.0 Å².